The fraction of sp³-hybridized carbons (Fsp3) is 0.565. The summed E-state index contributed by atoms with van der Waals surface area (Å²) in [4.78, 5) is 28.6. The van der Waals surface area contributed by atoms with Gasteiger partial charge in [0, 0.05) is 40.1 Å². The highest BCUT2D eigenvalue weighted by Crippen LogP contribution is 2.48. The standard InChI is InChI=1S/C23H29NO4S/c1-13-7-8-18(29-13)21-19(22(26)28-12-15-6-5-9-27-15)14(2)24-16-10-23(3,4)11-17(25)20(16)21/h7-8,10,15,20-21,24H,5-6,9,11-12H2,1-4H3. The summed E-state index contributed by atoms with van der Waals surface area (Å²) in [7, 11) is 0. The first-order valence-electron chi connectivity index (χ1n) is 10.3. The first kappa shape index (κ1) is 20.4. The number of ketones is 1. The summed E-state index contributed by atoms with van der Waals surface area (Å²) >= 11 is 1.64. The van der Waals surface area contributed by atoms with Crippen molar-refractivity contribution < 1.29 is 19.1 Å². The predicted octanol–water partition coefficient (Wildman–Crippen LogP) is 4.24. The molecule has 5 nitrogen and oxygen atoms in total. The summed E-state index contributed by atoms with van der Waals surface area (Å²) in [5.74, 6) is -0.844. The minimum absolute atomic E-state index is 0.0218. The van der Waals surface area contributed by atoms with Crippen LogP contribution in [-0.2, 0) is 19.1 Å². The van der Waals surface area contributed by atoms with Gasteiger partial charge in [0.1, 0.15) is 12.4 Å². The summed E-state index contributed by atoms with van der Waals surface area (Å²) in [5, 5.41) is 3.36. The van der Waals surface area contributed by atoms with Gasteiger partial charge in [0.05, 0.1) is 17.6 Å². The number of rotatable bonds is 4. The zero-order valence-corrected chi connectivity index (χ0v) is 18.4. The second kappa shape index (κ2) is 7.73. The molecule has 0 bridgehead atoms. The van der Waals surface area contributed by atoms with Crippen molar-refractivity contribution in [3.8, 4) is 0 Å². The second-order valence-electron chi connectivity index (χ2n) is 9.03. The number of carbonyl (C=O) groups excluding carboxylic acids is 2. The van der Waals surface area contributed by atoms with E-state index >= 15 is 0 Å². The molecule has 1 aromatic heterocycles. The van der Waals surface area contributed by atoms with Gasteiger partial charge in [0.15, 0.2) is 0 Å². The Morgan fingerprint density at radius 2 is 2.10 bits per heavy atom. The van der Waals surface area contributed by atoms with Crippen molar-refractivity contribution in [3.05, 3.63) is 44.9 Å². The number of hydrogen-bond donors (Lipinski definition) is 1. The van der Waals surface area contributed by atoms with E-state index in [2.05, 4.69) is 25.2 Å². The summed E-state index contributed by atoms with van der Waals surface area (Å²) in [6, 6.07) is 4.09. The lowest BCUT2D eigenvalue weighted by molar-refractivity contribution is -0.143. The number of aryl methyl sites for hydroxylation is 1. The van der Waals surface area contributed by atoms with Gasteiger partial charge in [-0.05, 0) is 44.2 Å². The summed E-state index contributed by atoms with van der Waals surface area (Å²) in [5.41, 5.74) is 2.06. The zero-order valence-electron chi connectivity index (χ0n) is 17.5. The number of hydrogen-bond acceptors (Lipinski definition) is 6. The Balaban J connectivity index is 1.71. The van der Waals surface area contributed by atoms with Crippen LogP contribution in [0, 0.1) is 18.3 Å². The quantitative estimate of drug-likeness (QED) is 0.745. The number of carbonyl (C=O) groups is 2. The number of Topliss-reactive ketones (excluding diaryl/α,β-unsaturated/α-hetero) is 1. The third-order valence-corrected chi connectivity index (χ3v) is 7.03. The Bertz CT molecular complexity index is 888. The minimum atomic E-state index is -0.366. The highest BCUT2D eigenvalue weighted by atomic mass is 32.1. The maximum atomic E-state index is 13.2. The zero-order chi connectivity index (χ0) is 20.8. The third-order valence-electron chi connectivity index (χ3n) is 5.95. The van der Waals surface area contributed by atoms with Crippen LogP contribution < -0.4 is 5.32 Å². The van der Waals surface area contributed by atoms with E-state index in [1.54, 1.807) is 11.3 Å². The Hall–Kier alpha value is -1.92. The lowest BCUT2D eigenvalue weighted by Crippen LogP contribution is -2.43. The molecule has 0 aromatic carbocycles. The van der Waals surface area contributed by atoms with Crippen molar-refractivity contribution in [3.63, 3.8) is 0 Å². The molecule has 1 aliphatic carbocycles. The van der Waals surface area contributed by atoms with Gasteiger partial charge in [-0.1, -0.05) is 19.9 Å². The van der Waals surface area contributed by atoms with E-state index < -0.39 is 0 Å². The van der Waals surface area contributed by atoms with Crippen LogP contribution >= 0.6 is 11.3 Å². The molecule has 2 aliphatic heterocycles. The van der Waals surface area contributed by atoms with Crippen LogP contribution in [0.1, 0.15) is 55.7 Å². The molecule has 3 unspecified atom stereocenters. The average molecular weight is 416 g/mol. The highest BCUT2D eigenvalue weighted by Gasteiger charge is 2.46. The van der Waals surface area contributed by atoms with E-state index in [-0.39, 0.29) is 41.7 Å². The van der Waals surface area contributed by atoms with Gasteiger partial charge >= 0.3 is 5.97 Å². The first-order valence-corrected chi connectivity index (χ1v) is 11.1. The molecule has 6 heteroatoms. The van der Waals surface area contributed by atoms with E-state index in [4.69, 9.17) is 9.47 Å². The van der Waals surface area contributed by atoms with E-state index in [1.807, 2.05) is 26.0 Å². The van der Waals surface area contributed by atoms with Gasteiger partial charge in [-0.15, -0.1) is 11.3 Å². The molecule has 3 heterocycles. The third kappa shape index (κ3) is 4.05. The summed E-state index contributed by atoms with van der Waals surface area (Å²) < 4.78 is 11.3. The number of fused-ring (bicyclic) bond motifs is 1. The van der Waals surface area contributed by atoms with Crippen LogP contribution in [0.2, 0.25) is 0 Å². The van der Waals surface area contributed by atoms with Crippen molar-refractivity contribution >= 4 is 23.1 Å². The Morgan fingerprint density at radius 1 is 1.31 bits per heavy atom. The molecule has 1 aromatic rings. The first-order chi connectivity index (χ1) is 13.7. The summed E-state index contributed by atoms with van der Waals surface area (Å²) in [6.07, 6.45) is 4.53. The largest absolute Gasteiger partial charge is 0.460 e. The average Bonchev–Trinajstić information content (AvgIpc) is 3.28. The highest BCUT2D eigenvalue weighted by molar-refractivity contribution is 7.12. The van der Waals surface area contributed by atoms with Gasteiger partial charge in [0.2, 0.25) is 0 Å². The van der Waals surface area contributed by atoms with E-state index in [9.17, 15) is 9.59 Å². The van der Waals surface area contributed by atoms with Crippen LogP contribution in [0.15, 0.2) is 35.2 Å². The molecule has 1 fully saturated rings. The monoisotopic (exact) mass is 415 g/mol. The number of thiophene rings is 1. The molecule has 4 rings (SSSR count). The maximum absolute atomic E-state index is 13.2. The molecular formula is C23H29NO4S. The topological polar surface area (TPSA) is 64.6 Å². The van der Waals surface area contributed by atoms with E-state index in [1.165, 1.54) is 0 Å². The molecule has 29 heavy (non-hydrogen) atoms. The van der Waals surface area contributed by atoms with Crippen molar-refractivity contribution in [2.75, 3.05) is 13.2 Å². The molecule has 0 amide bonds. The number of nitrogens with one attached hydrogen (secondary N) is 1. The van der Waals surface area contributed by atoms with E-state index in [0.29, 0.717) is 12.0 Å². The van der Waals surface area contributed by atoms with Gasteiger partial charge in [-0.2, -0.15) is 0 Å². The lowest BCUT2D eigenvalue weighted by Gasteiger charge is -2.41. The fourth-order valence-corrected chi connectivity index (χ4v) is 5.71. The molecule has 0 spiro atoms. The van der Waals surface area contributed by atoms with Crippen LogP contribution in [0.4, 0.5) is 0 Å². The molecule has 3 atom stereocenters. The Labute approximate surface area is 176 Å². The minimum Gasteiger partial charge on any atom is -0.460 e. The number of esters is 1. The second-order valence-corrected chi connectivity index (χ2v) is 10.4. The van der Waals surface area contributed by atoms with Crippen LogP contribution in [-0.4, -0.2) is 31.1 Å². The van der Waals surface area contributed by atoms with Crippen molar-refractivity contribution in [2.24, 2.45) is 11.3 Å². The Kier molecular flexibility index (Phi) is 5.42. The normalized spacial score (nSPS) is 28.6. The summed E-state index contributed by atoms with van der Waals surface area (Å²) in [6.45, 7) is 9.08. The molecule has 1 N–H and O–H groups in total. The number of ether oxygens (including phenoxy) is 2. The molecule has 3 aliphatic rings. The van der Waals surface area contributed by atoms with Crippen LogP contribution in [0.5, 0.6) is 0 Å². The Morgan fingerprint density at radius 3 is 2.76 bits per heavy atom. The molecule has 156 valence electrons. The maximum Gasteiger partial charge on any atom is 0.336 e. The smallest absolute Gasteiger partial charge is 0.336 e. The lowest BCUT2D eigenvalue weighted by atomic mass is 9.68. The van der Waals surface area contributed by atoms with Gasteiger partial charge < -0.3 is 14.8 Å². The number of allylic oxidation sites excluding steroid dienone is 3. The molecule has 0 radical (unpaired) electrons. The van der Waals surface area contributed by atoms with Crippen molar-refractivity contribution in [1.82, 2.24) is 5.32 Å². The fourth-order valence-electron chi connectivity index (χ4n) is 4.69. The van der Waals surface area contributed by atoms with Crippen LogP contribution in [0.25, 0.3) is 0 Å². The van der Waals surface area contributed by atoms with Gasteiger partial charge in [-0.25, -0.2) is 4.79 Å². The van der Waals surface area contributed by atoms with E-state index in [0.717, 1.165) is 40.6 Å². The molecule has 0 saturated carbocycles. The molecule has 1 saturated heterocycles. The van der Waals surface area contributed by atoms with Crippen LogP contribution in [0.3, 0.4) is 0 Å². The predicted molar refractivity (Wildman–Crippen MR) is 113 cm³/mol. The van der Waals surface area contributed by atoms with Crippen molar-refractivity contribution in [2.45, 2.75) is 59.0 Å². The molecular weight excluding hydrogens is 386 g/mol. The SMILES string of the molecule is CC1=C(C(=O)OCC2CCCO2)C(c2ccc(C)s2)C2C(=O)CC(C)(C)C=C2N1. The van der Waals surface area contributed by atoms with Gasteiger partial charge in [-0.3, -0.25) is 4.79 Å². The van der Waals surface area contributed by atoms with Crippen molar-refractivity contribution in [1.29, 1.82) is 0 Å². The van der Waals surface area contributed by atoms with Gasteiger partial charge in [0.25, 0.3) is 0 Å².